The van der Waals surface area contributed by atoms with Crippen LogP contribution in [0.15, 0.2) is 18.2 Å². The standard InChI is InChI=1S/C21H20Cl2N4O6S/c1-3-14-15(7-24)18(25-20(33-2)17(14)21(29)30)27-8-12(9-27)19(28)26-34(31,32)10-11-4-5-13(22)6-16(11)23/h4-6,12H,3,8-10H2,1-2H3,(H,26,28)(H,29,30). The van der Waals surface area contributed by atoms with Gasteiger partial charge >= 0.3 is 5.97 Å². The van der Waals surface area contributed by atoms with E-state index in [-0.39, 0.29) is 52.9 Å². The van der Waals surface area contributed by atoms with Crippen LogP contribution in [0.25, 0.3) is 0 Å². The molecular formula is C21H20Cl2N4O6S. The van der Waals surface area contributed by atoms with Crippen LogP contribution in [-0.4, -0.2) is 50.6 Å². The van der Waals surface area contributed by atoms with Crippen molar-refractivity contribution in [3.63, 3.8) is 0 Å². The molecule has 1 aliphatic rings. The van der Waals surface area contributed by atoms with Crippen molar-refractivity contribution in [2.45, 2.75) is 19.1 Å². The van der Waals surface area contributed by atoms with Gasteiger partial charge in [-0.25, -0.2) is 13.2 Å². The molecule has 0 saturated carbocycles. The summed E-state index contributed by atoms with van der Waals surface area (Å²) in [4.78, 5) is 30.0. The number of aromatic carboxylic acids is 1. The van der Waals surface area contributed by atoms with Gasteiger partial charge in [0.15, 0.2) is 5.82 Å². The van der Waals surface area contributed by atoms with Crippen molar-refractivity contribution in [2.75, 3.05) is 25.1 Å². The molecule has 1 aromatic heterocycles. The first-order valence-corrected chi connectivity index (χ1v) is 12.4. The van der Waals surface area contributed by atoms with E-state index in [2.05, 4.69) is 4.98 Å². The van der Waals surface area contributed by atoms with E-state index in [0.29, 0.717) is 10.6 Å². The number of carboxylic acid groups (broad SMARTS) is 1. The minimum Gasteiger partial charge on any atom is -0.480 e. The number of anilines is 1. The van der Waals surface area contributed by atoms with E-state index in [1.165, 1.54) is 25.3 Å². The average Bonchev–Trinajstić information content (AvgIpc) is 2.72. The number of methoxy groups -OCH3 is 1. The summed E-state index contributed by atoms with van der Waals surface area (Å²) in [6.45, 7) is 1.88. The number of hydrogen-bond acceptors (Lipinski definition) is 8. The Labute approximate surface area is 206 Å². The molecule has 0 spiro atoms. The first kappa shape index (κ1) is 25.6. The zero-order valence-electron chi connectivity index (χ0n) is 18.1. The van der Waals surface area contributed by atoms with Crippen LogP contribution >= 0.6 is 23.2 Å². The van der Waals surface area contributed by atoms with Crippen LogP contribution in [0.2, 0.25) is 10.0 Å². The summed E-state index contributed by atoms with van der Waals surface area (Å²) < 4.78 is 32.1. The third-order valence-corrected chi connectivity index (χ3v) is 7.08. The van der Waals surface area contributed by atoms with E-state index in [0.717, 1.165) is 0 Å². The molecule has 0 aliphatic carbocycles. The van der Waals surface area contributed by atoms with Crippen LogP contribution in [0.1, 0.15) is 34.0 Å². The molecule has 1 aliphatic heterocycles. The van der Waals surface area contributed by atoms with Crippen molar-refractivity contribution in [3.05, 3.63) is 50.5 Å². The minimum absolute atomic E-state index is 0.0737. The normalized spacial score (nSPS) is 13.7. The van der Waals surface area contributed by atoms with Gasteiger partial charge in [-0.05, 0) is 29.7 Å². The second-order valence-corrected chi connectivity index (χ2v) is 10.1. The fraction of sp³-hybridized carbons (Fsp3) is 0.333. The van der Waals surface area contributed by atoms with Gasteiger partial charge < -0.3 is 14.7 Å². The number of carboxylic acids is 1. The van der Waals surface area contributed by atoms with Crippen LogP contribution in [-0.2, 0) is 27.0 Å². The fourth-order valence-corrected chi connectivity index (χ4v) is 5.36. The quantitative estimate of drug-likeness (QED) is 0.528. The molecule has 10 nitrogen and oxygen atoms in total. The molecular weight excluding hydrogens is 507 g/mol. The predicted molar refractivity (Wildman–Crippen MR) is 125 cm³/mol. The van der Waals surface area contributed by atoms with E-state index in [1.54, 1.807) is 11.8 Å². The Morgan fingerprint density at radius 1 is 1.35 bits per heavy atom. The smallest absolute Gasteiger partial charge is 0.341 e. The number of aromatic nitrogens is 1. The van der Waals surface area contributed by atoms with Crippen LogP contribution < -0.4 is 14.4 Å². The van der Waals surface area contributed by atoms with E-state index in [4.69, 9.17) is 27.9 Å². The molecule has 34 heavy (non-hydrogen) atoms. The monoisotopic (exact) mass is 526 g/mol. The second kappa shape index (κ2) is 10.0. The Kier molecular flexibility index (Phi) is 7.55. The molecule has 0 radical (unpaired) electrons. The number of nitriles is 1. The van der Waals surface area contributed by atoms with Crippen LogP contribution in [0.4, 0.5) is 5.82 Å². The van der Waals surface area contributed by atoms with Crippen molar-refractivity contribution >= 4 is 50.9 Å². The van der Waals surface area contributed by atoms with Gasteiger partial charge in [-0.2, -0.15) is 10.2 Å². The van der Waals surface area contributed by atoms with Crippen molar-refractivity contribution in [1.82, 2.24) is 9.71 Å². The number of ether oxygens (including phenoxy) is 1. The van der Waals surface area contributed by atoms with Gasteiger partial charge in [0.05, 0.1) is 24.3 Å². The molecule has 13 heteroatoms. The van der Waals surface area contributed by atoms with Gasteiger partial charge in [0.1, 0.15) is 11.6 Å². The lowest BCUT2D eigenvalue weighted by Crippen LogP contribution is -2.55. The first-order valence-electron chi connectivity index (χ1n) is 9.98. The van der Waals surface area contributed by atoms with Gasteiger partial charge in [-0.15, -0.1) is 0 Å². The molecule has 180 valence electrons. The van der Waals surface area contributed by atoms with E-state index < -0.39 is 33.6 Å². The average molecular weight is 527 g/mol. The number of pyridine rings is 1. The lowest BCUT2D eigenvalue weighted by atomic mass is 9.96. The number of carbonyl (C=O) groups excluding carboxylic acids is 1. The van der Waals surface area contributed by atoms with Crippen molar-refractivity contribution < 1.29 is 27.9 Å². The Morgan fingerprint density at radius 3 is 2.56 bits per heavy atom. The molecule has 1 amide bonds. The summed E-state index contributed by atoms with van der Waals surface area (Å²) in [6.07, 6.45) is 0.250. The summed E-state index contributed by atoms with van der Waals surface area (Å²) >= 11 is 11.8. The summed E-state index contributed by atoms with van der Waals surface area (Å²) in [5.74, 6) is -3.12. The maximum atomic E-state index is 12.5. The van der Waals surface area contributed by atoms with Gasteiger partial charge in [0.2, 0.25) is 21.8 Å². The van der Waals surface area contributed by atoms with Crippen LogP contribution in [0.3, 0.4) is 0 Å². The molecule has 3 rings (SSSR count). The van der Waals surface area contributed by atoms with Gasteiger partial charge in [0.25, 0.3) is 0 Å². The highest BCUT2D eigenvalue weighted by molar-refractivity contribution is 7.89. The van der Waals surface area contributed by atoms with Crippen LogP contribution in [0.5, 0.6) is 5.88 Å². The molecule has 2 N–H and O–H groups in total. The van der Waals surface area contributed by atoms with Crippen molar-refractivity contribution in [1.29, 1.82) is 5.26 Å². The number of rotatable bonds is 8. The zero-order chi connectivity index (χ0) is 25.2. The summed E-state index contributed by atoms with van der Waals surface area (Å²) in [5.41, 5.74) is 0.450. The van der Waals surface area contributed by atoms with E-state index in [1.807, 2.05) is 10.8 Å². The summed E-state index contributed by atoms with van der Waals surface area (Å²) in [7, 11) is -2.75. The molecule has 1 aromatic carbocycles. The molecule has 2 heterocycles. The molecule has 1 fully saturated rings. The first-order chi connectivity index (χ1) is 16.0. The Hall–Kier alpha value is -3.07. The lowest BCUT2D eigenvalue weighted by molar-refractivity contribution is -0.123. The maximum absolute atomic E-state index is 12.5. The number of benzene rings is 1. The minimum atomic E-state index is -4.02. The van der Waals surface area contributed by atoms with E-state index in [9.17, 15) is 28.4 Å². The SMILES string of the molecule is CCc1c(C#N)c(N2CC(C(=O)NS(=O)(=O)Cc3ccc(Cl)cc3Cl)C2)nc(OC)c1C(=O)O. The fourth-order valence-electron chi connectivity index (χ4n) is 3.60. The van der Waals surface area contributed by atoms with Crippen molar-refractivity contribution in [3.8, 4) is 11.9 Å². The Morgan fingerprint density at radius 2 is 2.03 bits per heavy atom. The summed E-state index contributed by atoms with van der Waals surface area (Å²) in [6, 6.07) is 6.36. The van der Waals surface area contributed by atoms with Gasteiger partial charge in [-0.1, -0.05) is 36.2 Å². The lowest BCUT2D eigenvalue weighted by Gasteiger charge is -2.39. The van der Waals surface area contributed by atoms with Gasteiger partial charge in [0, 0.05) is 23.1 Å². The number of nitrogens with zero attached hydrogens (tertiary/aromatic N) is 3. The Balaban J connectivity index is 1.75. The number of carbonyl (C=O) groups is 2. The molecule has 0 unspecified atom stereocenters. The van der Waals surface area contributed by atoms with Crippen molar-refractivity contribution in [2.24, 2.45) is 5.92 Å². The number of amides is 1. The summed E-state index contributed by atoms with van der Waals surface area (Å²) in [5, 5.41) is 19.7. The molecule has 1 saturated heterocycles. The predicted octanol–water partition coefficient (Wildman–Crippen LogP) is 2.61. The highest BCUT2D eigenvalue weighted by Crippen LogP contribution is 2.34. The second-order valence-electron chi connectivity index (χ2n) is 7.51. The number of halogens is 2. The largest absolute Gasteiger partial charge is 0.480 e. The number of sulfonamides is 1. The third kappa shape index (κ3) is 5.19. The molecule has 2 aromatic rings. The maximum Gasteiger partial charge on any atom is 0.341 e. The van der Waals surface area contributed by atoms with E-state index >= 15 is 0 Å². The van der Waals surface area contributed by atoms with Crippen LogP contribution in [0, 0.1) is 17.2 Å². The third-order valence-electron chi connectivity index (χ3n) is 5.29. The molecule has 0 bridgehead atoms. The topological polar surface area (TPSA) is 150 Å². The van der Waals surface area contributed by atoms with Gasteiger partial charge in [-0.3, -0.25) is 9.52 Å². The molecule has 0 atom stereocenters. The Bertz CT molecular complexity index is 1300. The highest BCUT2D eigenvalue weighted by atomic mass is 35.5. The number of hydrogen-bond donors (Lipinski definition) is 2. The zero-order valence-corrected chi connectivity index (χ0v) is 20.5. The highest BCUT2D eigenvalue weighted by Gasteiger charge is 2.38. The number of nitrogens with one attached hydrogen (secondary N) is 1.